The molecule has 7 heteroatoms. The van der Waals surface area contributed by atoms with Crippen molar-refractivity contribution < 1.29 is 18.7 Å². The molecule has 1 atom stereocenters. The molecule has 1 heterocycles. The minimum atomic E-state index is -0.861. The summed E-state index contributed by atoms with van der Waals surface area (Å²) in [4.78, 5) is 24.8. The fraction of sp³-hybridized carbons (Fsp3) is 0.294. The number of ether oxygens (including phenoxy) is 1. The quantitative estimate of drug-likeness (QED) is 0.727. The van der Waals surface area contributed by atoms with Crippen molar-refractivity contribution in [3.63, 3.8) is 0 Å². The van der Waals surface area contributed by atoms with Gasteiger partial charge in [-0.2, -0.15) is 0 Å². The molecule has 1 aromatic carbocycles. The maximum atomic E-state index is 12.8. The van der Waals surface area contributed by atoms with Gasteiger partial charge in [0, 0.05) is 17.2 Å². The van der Waals surface area contributed by atoms with E-state index in [1.165, 1.54) is 35.7 Å². The van der Waals surface area contributed by atoms with Crippen LogP contribution in [-0.2, 0) is 26.6 Å². The monoisotopic (exact) mass is 367 g/mol. The van der Waals surface area contributed by atoms with Gasteiger partial charge >= 0.3 is 5.97 Å². The highest BCUT2D eigenvalue weighted by atomic mass is 32.2. The van der Waals surface area contributed by atoms with Crippen LogP contribution in [0.5, 0.6) is 0 Å². The van der Waals surface area contributed by atoms with Gasteiger partial charge in [0.05, 0.1) is 5.75 Å². The van der Waals surface area contributed by atoms with Crippen molar-refractivity contribution in [2.24, 2.45) is 0 Å². The summed E-state index contributed by atoms with van der Waals surface area (Å²) in [5.41, 5.74) is 0.773. The first-order chi connectivity index (χ1) is 11.5. The lowest BCUT2D eigenvalue weighted by molar-refractivity contribution is -0.152. The van der Waals surface area contributed by atoms with E-state index in [2.05, 4.69) is 5.32 Å². The molecule has 0 aliphatic heterocycles. The minimum Gasteiger partial charge on any atom is -0.452 e. The molecule has 24 heavy (non-hydrogen) atoms. The second-order valence-electron chi connectivity index (χ2n) is 5.05. The summed E-state index contributed by atoms with van der Waals surface area (Å²) in [6.07, 6.45) is -0.861. The van der Waals surface area contributed by atoms with Crippen LogP contribution in [0.2, 0.25) is 0 Å². The van der Waals surface area contributed by atoms with Gasteiger partial charge in [0.25, 0.3) is 5.91 Å². The number of hydrogen-bond acceptors (Lipinski definition) is 5. The van der Waals surface area contributed by atoms with Crippen molar-refractivity contribution in [3.8, 4) is 0 Å². The molecule has 0 aliphatic carbocycles. The lowest BCUT2D eigenvalue weighted by Gasteiger charge is -2.13. The van der Waals surface area contributed by atoms with Crippen molar-refractivity contribution >= 4 is 35.0 Å². The molecule has 1 N–H and O–H groups in total. The first-order valence-corrected chi connectivity index (χ1v) is 9.40. The van der Waals surface area contributed by atoms with Gasteiger partial charge in [-0.15, -0.1) is 23.1 Å². The van der Waals surface area contributed by atoms with Gasteiger partial charge in [0.2, 0.25) is 0 Å². The molecule has 0 fully saturated rings. The van der Waals surface area contributed by atoms with Crippen LogP contribution in [-0.4, -0.2) is 23.7 Å². The molecule has 0 saturated carbocycles. The molecule has 0 saturated heterocycles. The summed E-state index contributed by atoms with van der Waals surface area (Å²) >= 11 is 3.09. The van der Waals surface area contributed by atoms with E-state index in [0.29, 0.717) is 0 Å². The fourth-order valence-corrected chi connectivity index (χ4v) is 3.49. The van der Waals surface area contributed by atoms with Crippen LogP contribution >= 0.6 is 23.1 Å². The first-order valence-electron chi connectivity index (χ1n) is 7.36. The molecule has 2 aromatic rings. The Bertz CT molecular complexity index is 659. The van der Waals surface area contributed by atoms with Gasteiger partial charge in [0.1, 0.15) is 5.82 Å². The second kappa shape index (κ2) is 9.44. The van der Waals surface area contributed by atoms with Crippen LogP contribution in [0.25, 0.3) is 0 Å². The summed E-state index contributed by atoms with van der Waals surface area (Å²) in [5, 5.41) is 4.65. The first kappa shape index (κ1) is 18.5. The lowest BCUT2D eigenvalue weighted by atomic mass is 10.2. The largest absolute Gasteiger partial charge is 0.452 e. The number of hydrogen-bond donors (Lipinski definition) is 1. The van der Waals surface area contributed by atoms with Gasteiger partial charge in [0.15, 0.2) is 6.10 Å². The van der Waals surface area contributed by atoms with E-state index in [0.717, 1.165) is 11.3 Å². The van der Waals surface area contributed by atoms with Gasteiger partial charge < -0.3 is 10.1 Å². The Hall–Kier alpha value is -1.86. The fourth-order valence-electron chi connectivity index (χ4n) is 1.85. The number of thioether (sulfide) groups is 1. The number of carbonyl (C=O) groups excluding carboxylic acids is 2. The average Bonchev–Trinajstić information content (AvgIpc) is 3.07. The van der Waals surface area contributed by atoms with Crippen LogP contribution in [0, 0.1) is 5.82 Å². The van der Waals surface area contributed by atoms with E-state index in [1.807, 2.05) is 17.5 Å². The number of halogens is 1. The molecule has 4 nitrogen and oxygen atoms in total. The van der Waals surface area contributed by atoms with E-state index in [4.69, 9.17) is 4.74 Å². The number of thiophene rings is 1. The molecule has 0 spiro atoms. The number of amides is 1. The Labute approximate surface area is 148 Å². The number of benzene rings is 1. The van der Waals surface area contributed by atoms with Gasteiger partial charge in [-0.3, -0.25) is 9.59 Å². The highest BCUT2D eigenvalue weighted by Gasteiger charge is 2.17. The van der Waals surface area contributed by atoms with Gasteiger partial charge in [-0.25, -0.2) is 4.39 Å². The zero-order chi connectivity index (χ0) is 17.4. The van der Waals surface area contributed by atoms with E-state index in [1.54, 1.807) is 23.5 Å². The third-order valence-corrected chi connectivity index (χ3v) is 5.12. The molecule has 0 bridgehead atoms. The third-order valence-electron chi connectivity index (χ3n) is 3.10. The van der Waals surface area contributed by atoms with E-state index < -0.39 is 12.1 Å². The molecule has 0 radical (unpaired) electrons. The molecule has 0 unspecified atom stereocenters. The Morgan fingerprint density at radius 1 is 1.29 bits per heavy atom. The van der Waals surface area contributed by atoms with Crippen LogP contribution in [0.1, 0.15) is 17.4 Å². The molecule has 1 aromatic heterocycles. The SMILES string of the molecule is C[C@@H](OC(=O)CSCc1cccs1)C(=O)NCc1ccc(F)cc1. The van der Waals surface area contributed by atoms with Crippen molar-refractivity contribution in [3.05, 3.63) is 58.0 Å². The summed E-state index contributed by atoms with van der Waals surface area (Å²) in [5.74, 6) is -0.171. The Morgan fingerprint density at radius 2 is 2.04 bits per heavy atom. The molecular weight excluding hydrogens is 349 g/mol. The molecule has 0 aliphatic rings. The summed E-state index contributed by atoms with van der Waals surface area (Å²) in [6, 6.07) is 9.81. The smallest absolute Gasteiger partial charge is 0.316 e. The Balaban J connectivity index is 1.66. The lowest BCUT2D eigenvalue weighted by Crippen LogP contribution is -2.35. The Morgan fingerprint density at radius 3 is 2.71 bits per heavy atom. The van der Waals surface area contributed by atoms with Crippen LogP contribution in [0.4, 0.5) is 4.39 Å². The predicted molar refractivity (Wildman–Crippen MR) is 94.3 cm³/mol. The van der Waals surface area contributed by atoms with Crippen LogP contribution in [0.3, 0.4) is 0 Å². The van der Waals surface area contributed by atoms with Gasteiger partial charge in [-0.05, 0) is 36.1 Å². The molecule has 128 valence electrons. The topological polar surface area (TPSA) is 55.4 Å². The number of nitrogens with one attached hydrogen (secondary N) is 1. The number of carbonyl (C=O) groups is 2. The number of rotatable bonds is 8. The minimum absolute atomic E-state index is 0.202. The van der Waals surface area contributed by atoms with Crippen molar-refractivity contribution in [1.82, 2.24) is 5.32 Å². The Kier molecular flexibility index (Phi) is 7.27. The normalized spacial score (nSPS) is 11.8. The standard InChI is InChI=1S/C17H18FNO3S2/c1-12(17(21)19-9-13-4-6-14(18)7-5-13)22-16(20)11-23-10-15-3-2-8-24-15/h2-8,12H,9-11H2,1H3,(H,19,21)/t12-/m1/s1. The zero-order valence-corrected chi connectivity index (χ0v) is 14.8. The third kappa shape index (κ3) is 6.33. The maximum Gasteiger partial charge on any atom is 0.316 e. The van der Waals surface area contributed by atoms with E-state index >= 15 is 0 Å². The summed E-state index contributed by atoms with van der Waals surface area (Å²) in [6.45, 7) is 1.79. The van der Waals surface area contributed by atoms with Crippen molar-refractivity contribution in [2.45, 2.75) is 25.3 Å². The molecular formula is C17H18FNO3S2. The second-order valence-corrected chi connectivity index (χ2v) is 7.07. The van der Waals surface area contributed by atoms with Crippen molar-refractivity contribution in [1.29, 1.82) is 0 Å². The highest BCUT2D eigenvalue weighted by molar-refractivity contribution is 7.99. The zero-order valence-electron chi connectivity index (χ0n) is 13.2. The highest BCUT2D eigenvalue weighted by Crippen LogP contribution is 2.17. The van der Waals surface area contributed by atoms with Gasteiger partial charge in [-0.1, -0.05) is 18.2 Å². The average molecular weight is 367 g/mol. The van der Waals surface area contributed by atoms with Crippen LogP contribution < -0.4 is 5.32 Å². The summed E-state index contributed by atoms with van der Waals surface area (Å²) in [7, 11) is 0. The predicted octanol–water partition coefficient (Wildman–Crippen LogP) is 3.37. The molecule has 1 amide bonds. The van der Waals surface area contributed by atoms with Crippen molar-refractivity contribution in [2.75, 3.05) is 5.75 Å². The van der Waals surface area contributed by atoms with E-state index in [9.17, 15) is 14.0 Å². The molecule has 2 rings (SSSR count). The van der Waals surface area contributed by atoms with Crippen LogP contribution in [0.15, 0.2) is 41.8 Å². The van der Waals surface area contributed by atoms with E-state index in [-0.39, 0.29) is 24.0 Å². The summed E-state index contributed by atoms with van der Waals surface area (Å²) < 4.78 is 17.9. The maximum absolute atomic E-state index is 12.8. The number of esters is 1.